The van der Waals surface area contributed by atoms with E-state index in [9.17, 15) is 14.3 Å². The maximum Gasteiger partial charge on any atom is 0.472 e. The Morgan fingerprint density at radius 2 is 1.42 bits per heavy atom. The Kier molecular flexibility index (Phi) is 10.7. The molecule has 10 nitrogen and oxygen atoms in total. The smallest absolute Gasteiger partial charge is 0.472 e. The van der Waals surface area contributed by atoms with Gasteiger partial charge in [0.2, 0.25) is 0 Å². The summed E-state index contributed by atoms with van der Waals surface area (Å²) in [5.41, 5.74) is 1.10. The van der Waals surface area contributed by atoms with Gasteiger partial charge < -0.3 is 28.6 Å². The number of phosphoric ester groups is 1. The second kappa shape index (κ2) is 14.1. The fraction of sp³-hybridized carbons (Fsp3) is 0.387. The molecule has 12 heteroatoms. The number of hydrogen-bond donors (Lipinski definition) is 1. The lowest BCUT2D eigenvalue weighted by Crippen LogP contribution is -2.42. The van der Waals surface area contributed by atoms with Gasteiger partial charge in [-0.1, -0.05) is 54.6 Å². The van der Waals surface area contributed by atoms with Crippen molar-refractivity contribution in [1.29, 1.82) is 0 Å². The topological polar surface area (TPSA) is 119 Å². The molecule has 3 aromatic carbocycles. The van der Waals surface area contributed by atoms with Crippen LogP contribution in [0.5, 0.6) is 11.5 Å². The molecule has 0 saturated carbocycles. The van der Waals surface area contributed by atoms with Gasteiger partial charge in [0.15, 0.2) is 0 Å². The summed E-state index contributed by atoms with van der Waals surface area (Å²) in [7, 11) is 4.75. The summed E-state index contributed by atoms with van der Waals surface area (Å²) in [5, 5.41) is 0. The zero-order chi connectivity index (χ0) is 31.2. The molecule has 3 aromatic rings. The Hall–Kier alpha value is -3.18. The molecule has 5 atom stereocenters. The van der Waals surface area contributed by atoms with Gasteiger partial charge in [-0.3, -0.25) is 13.8 Å². The van der Waals surface area contributed by atoms with Gasteiger partial charge in [-0.15, -0.1) is 0 Å². The summed E-state index contributed by atoms with van der Waals surface area (Å²) in [6, 6.07) is 23.3. The number of ether oxygens (including phenoxy) is 5. The minimum atomic E-state index is -4.61. The number of carbonyl (C=O) groups excluding carboxylic acids is 1. The quantitative estimate of drug-likeness (QED) is 0.126. The van der Waals surface area contributed by atoms with Gasteiger partial charge in [0.25, 0.3) is 0 Å². The maximum atomic E-state index is 12.9. The minimum Gasteiger partial charge on any atom is -0.497 e. The highest BCUT2D eigenvalue weighted by atomic mass is 31.2. The lowest BCUT2D eigenvalue weighted by atomic mass is 9.80. The summed E-state index contributed by atoms with van der Waals surface area (Å²) in [6.45, 7) is 4.19. The molecular weight excluding hydrogens is 574 g/mol. The molecule has 1 saturated heterocycles. The summed E-state index contributed by atoms with van der Waals surface area (Å²) < 4.78 is 52.5. The SMILES string of the molecule is [B][C@@H]1O[C@H](COC(c2ccccc2)(c2ccc(OC)cc2)c2ccc(OC)cc2)[C@H](OP(=O)(O)OC(C)C)C1OC(C)=O. The van der Waals surface area contributed by atoms with Crippen LogP contribution in [-0.4, -0.2) is 70.0 Å². The van der Waals surface area contributed by atoms with Gasteiger partial charge >= 0.3 is 13.8 Å². The molecule has 1 heterocycles. The zero-order valence-corrected chi connectivity index (χ0v) is 25.6. The highest BCUT2D eigenvalue weighted by Gasteiger charge is 2.50. The monoisotopic (exact) mass is 610 g/mol. The lowest BCUT2D eigenvalue weighted by Gasteiger charge is -2.37. The fourth-order valence-corrected chi connectivity index (χ4v) is 6.22. The molecule has 0 aromatic heterocycles. The van der Waals surface area contributed by atoms with Crippen molar-refractivity contribution in [3.63, 3.8) is 0 Å². The standard InChI is InChI=1S/C31H36BO10P/c1-20(2)41-43(34,35)42-28-27(40-30(32)29(28)39-21(3)33)19-38-31(22-9-7-6-8-10-22,23-11-15-25(36-4)16-12-23)24-13-17-26(37-5)18-14-24/h6-18,20,27-30H,19H2,1-5H3,(H,34,35)/t27-,28+,29?,30-/m1/s1. The predicted molar refractivity (Wildman–Crippen MR) is 159 cm³/mol. The first-order chi connectivity index (χ1) is 20.5. The van der Waals surface area contributed by atoms with Crippen LogP contribution in [0.15, 0.2) is 78.9 Å². The summed E-state index contributed by atoms with van der Waals surface area (Å²) in [4.78, 5) is 22.4. The van der Waals surface area contributed by atoms with Crippen LogP contribution in [0.1, 0.15) is 37.5 Å². The molecule has 4 rings (SSSR count). The number of phosphoric acid groups is 1. The number of benzene rings is 3. The van der Waals surface area contributed by atoms with E-state index in [-0.39, 0.29) is 6.61 Å². The van der Waals surface area contributed by atoms with E-state index in [1.165, 1.54) is 6.92 Å². The first kappa shape index (κ1) is 32.7. The van der Waals surface area contributed by atoms with Gasteiger partial charge in [0.05, 0.1) is 32.9 Å². The molecule has 1 fully saturated rings. The number of esters is 1. The Morgan fingerprint density at radius 3 is 1.88 bits per heavy atom. The molecule has 2 radical (unpaired) electrons. The highest BCUT2D eigenvalue weighted by Crippen LogP contribution is 2.49. The Labute approximate surface area is 253 Å². The largest absolute Gasteiger partial charge is 0.497 e. The van der Waals surface area contributed by atoms with Crippen molar-refractivity contribution in [2.45, 2.75) is 56.8 Å². The van der Waals surface area contributed by atoms with E-state index in [1.807, 2.05) is 78.9 Å². The normalized spacial score (nSPS) is 21.7. The molecule has 1 N–H and O–H groups in total. The van der Waals surface area contributed by atoms with Gasteiger partial charge in [-0.05, 0) is 54.8 Å². The summed E-state index contributed by atoms with van der Waals surface area (Å²) in [5.74, 6) is 0.658. The average Bonchev–Trinajstić information content (AvgIpc) is 3.26. The molecule has 0 bridgehead atoms. The molecule has 0 spiro atoms. The molecule has 1 aliphatic heterocycles. The molecule has 1 aliphatic rings. The van der Waals surface area contributed by atoms with E-state index >= 15 is 0 Å². The number of methoxy groups -OCH3 is 2. The van der Waals surface area contributed by atoms with Crippen molar-refractivity contribution in [3.05, 3.63) is 95.6 Å². The van der Waals surface area contributed by atoms with Crippen molar-refractivity contribution >= 4 is 21.6 Å². The third-order valence-electron chi connectivity index (χ3n) is 6.88. The van der Waals surface area contributed by atoms with Crippen LogP contribution < -0.4 is 9.47 Å². The zero-order valence-electron chi connectivity index (χ0n) is 24.7. The van der Waals surface area contributed by atoms with Crippen LogP contribution >= 0.6 is 7.82 Å². The molecule has 43 heavy (non-hydrogen) atoms. The van der Waals surface area contributed by atoms with E-state index < -0.39 is 49.8 Å². The lowest BCUT2D eigenvalue weighted by molar-refractivity contribution is -0.151. The fourth-order valence-electron chi connectivity index (χ4n) is 5.07. The molecule has 0 amide bonds. The Morgan fingerprint density at radius 1 is 0.907 bits per heavy atom. The van der Waals surface area contributed by atoms with Gasteiger partial charge in [0.1, 0.15) is 43.3 Å². The number of carbonyl (C=O) groups is 1. The van der Waals surface area contributed by atoms with E-state index in [1.54, 1.807) is 28.1 Å². The summed E-state index contributed by atoms with van der Waals surface area (Å²) >= 11 is 0. The van der Waals surface area contributed by atoms with E-state index in [0.717, 1.165) is 16.7 Å². The van der Waals surface area contributed by atoms with Gasteiger partial charge in [0, 0.05) is 6.92 Å². The molecular formula is C31H36BO10P. The van der Waals surface area contributed by atoms with Crippen molar-refractivity contribution in [3.8, 4) is 11.5 Å². The van der Waals surface area contributed by atoms with Crippen LogP contribution in [0.25, 0.3) is 0 Å². The number of hydrogen-bond acceptors (Lipinski definition) is 9. The van der Waals surface area contributed by atoms with Crippen LogP contribution in [0.2, 0.25) is 0 Å². The van der Waals surface area contributed by atoms with Crippen molar-refractivity contribution in [2.75, 3.05) is 20.8 Å². The minimum absolute atomic E-state index is 0.190. The van der Waals surface area contributed by atoms with Crippen LogP contribution in [0.3, 0.4) is 0 Å². The summed E-state index contributed by atoms with van der Waals surface area (Å²) in [6.07, 6.45) is -4.14. The van der Waals surface area contributed by atoms with Crippen LogP contribution in [0, 0.1) is 0 Å². The predicted octanol–water partition coefficient (Wildman–Crippen LogP) is 4.75. The van der Waals surface area contributed by atoms with E-state index in [0.29, 0.717) is 11.5 Å². The highest BCUT2D eigenvalue weighted by molar-refractivity contribution is 7.47. The Bertz CT molecular complexity index is 1340. The van der Waals surface area contributed by atoms with Gasteiger partial charge in [-0.25, -0.2) is 4.57 Å². The van der Waals surface area contributed by atoms with E-state index in [4.69, 9.17) is 40.6 Å². The van der Waals surface area contributed by atoms with Crippen LogP contribution in [-0.2, 0) is 38.2 Å². The second-order valence-corrected chi connectivity index (χ2v) is 11.6. The van der Waals surface area contributed by atoms with Crippen molar-refractivity contribution < 1.29 is 47.0 Å². The maximum absolute atomic E-state index is 12.9. The van der Waals surface area contributed by atoms with E-state index in [2.05, 4.69) is 0 Å². The number of rotatable bonds is 13. The first-order valence-corrected chi connectivity index (χ1v) is 15.2. The van der Waals surface area contributed by atoms with Crippen molar-refractivity contribution in [1.82, 2.24) is 0 Å². The molecule has 228 valence electrons. The molecule has 2 unspecified atom stereocenters. The Balaban J connectivity index is 1.80. The first-order valence-electron chi connectivity index (χ1n) is 13.8. The van der Waals surface area contributed by atoms with Gasteiger partial charge in [-0.2, -0.15) is 0 Å². The van der Waals surface area contributed by atoms with Crippen molar-refractivity contribution in [2.24, 2.45) is 0 Å². The van der Waals surface area contributed by atoms with Crippen LogP contribution in [0.4, 0.5) is 0 Å². The third kappa shape index (κ3) is 7.67. The molecule has 0 aliphatic carbocycles. The third-order valence-corrected chi connectivity index (χ3v) is 8.08. The second-order valence-electron chi connectivity index (χ2n) is 10.2. The average molecular weight is 610 g/mol.